The van der Waals surface area contributed by atoms with E-state index in [1.807, 2.05) is 30.3 Å². The zero-order valence-electron chi connectivity index (χ0n) is 7.69. The molecular weight excluding hydrogens is 180 g/mol. The van der Waals surface area contributed by atoms with Crippen LogP contribution in [-0.4, -0.2) is 18.2 Å². The number of nitrogens with two attached hydrogens (primary N) is 1. The van der Waals surface area contributed by atoms with Gasteiger partial charge in [0, 0.05) is 5.69 Å². The number of amides is 1. The highest BCUT2D eigenvalue weighted by Crippen LogP contribution is 2.03. The molecule has 74 valence electrons. The number of hydrogen-bond donors (Lipinski definition) is 2. The van der Waals surface area contributed by atoms with Gasteiger partial charge in [-0.3, -0.25) is 9.59 Å². The van der Waals surface area contributed by atoms with Crippen molar-refractivity contribution in [1.29, 1.82) is 0 Å². The maximum atomic E-state index is 11.1. The second kappa shape index (κ2) is 5.01. The third-order valence-electron chi connectivity index (χ3n) is 1.63. The van der Waals surface area contributed by atoms with Gasteiger partial charge in [0.2, 0.25) is 5.91 Å². The monoisotopic (exact) mass is 192 g/mol. The normalized spacial score (nSPS) is 9.43. The summed E-state index contributed by atoms with van der Waals surface area (Å²) in [6.45, 7) is 0.132. The highest BCUT2D eigenvalue weighted by molar-refractivity contribution is 5.99. The van der Waals surface area contributed by atoms with Gasteiger partial charge in [-0.05, 0) is 12.1 Å². The Hall–Kier alpha value is -1.84. The number of hydrogen-bond acceptors (Lipinski definition) is 3. The molecular formula is C10H12N2O2. The van der Waals surface area contributed by atoms with Crippen molar-refractivity contribution in [2.75, 3.05) is 11.9 Å². The molecule has 0 fully saturated rings. The van der Waals surface area contributed by atoms with E-state index in [9.17, 15) is 9.59 Å². The minimum atomic E-state index is -0.593. The molecule has 0 aromatic heterocycles. The van der Waals surface area contributed by atoms with Crippen molar-refractivity contribution < 1.29 is 9.59 Å². The maximum absolute atomic E-state index is 11.1. The minimum Gasteiger partial charge on any atom is -0.378 e. The van der Waals surface area contributed by atoms with Crippen molar-refractivity contribution >= 4 is 17.4 Å². The summed E-state index contributed by atoms with van der Waals surface area (Å²) in [5.74, 6) is -0.800. The van der Waals surface area contributed by atoms with Crippen LogP contribution in [0.5, 0.6) is 0 Å². The molecule has 0 aliphatic heterocycles. The lowest BCUT2D eigenvalue weighted by atomic mass is 10.2. The molecule has 0 spiro atoms. The summed E-state index contributed by atoms with van der Waals surface area (Å²) in [5, 5.41) is 2.89. The molecule has 0 radical (unpaired) electrons. The van der Waals surface area contributed by atoms with Gasteiger partial charge in [0.1, 0.15) is 0 Å². The molecule has 0 aliphatic rings. The van der Waals surface area contributed by atoms with E-state index in [1.54, 1.807) is 0 Å². The number of carbonyl (C=O) groups excluding carboxylic acids is 2. The average molecular weight is 192 g/mol. The Balaban J connectivity index is 2.34. The first-order chi connectivity index (χ1) is 6.68. The van der Waals surface area contributed by atoms with Crippen LogP contribution in [-0.2, 0) is 9.59 Å². The Morgan fingerprint density at radius 3 is 2.43 bits per heavy atom. The van der Waals surface area contributed by atoms with Crippen LogP contribution in [0.3, 0.4) is 0 Å². The topological polar surface area (TPSA) is 72.2 Å². The molecule has 1 aromatic carbocycles. The van der Waals surface area contributed by atoms with Crippen LogP contribution in [0, 0.1) is 0 Å². The third-order valence-corrected chi connectivity index (χ3v) is 1.63. The van der Waals surface area contributed by atoms with E-state index in [2.05, 4.69) is 5.32 Å². The van der Waals surface area contributed by atoms with Crippen molar-refractivity contribution in [3.8, 4) is 0 Å². The number of Topliss-reactive ketones (excluding diaryl/α,β-unsaturated/α-hetero) is 1. The first-order valence-corrected chi connectivity index (χ1v) is 4.27. The van der Waals surface area contributed by atoms with Gasteiger partial charge < -0.3 is 11.1 Å². The Bertz CT molecular complexity index is 322. The van der Waals surface area contributed by atoms with E-state index >= 15 is 0 Å². The zero-order valence-corrected chi connectivity index (χ0v) is 7.69. The van der Waals surface area contributed by atoms with Crippen molar-refractivity contribution in [2.45, 2.75) is 6.42 Å². The quantitative estimate of drug-likeness (QED) is 0.669. The molecule has 1 aromatic rings. The van der Waals surface area contributed by atoms with E-state index in [4.69, 9.17) is 5.73 Å². The van der Waals surface area contributed by atoms with E-state index in [0.29, 0.717) is 0 Å². The van der Waals surface area contributed by atoms with E-state index in [-0.39, 0.29) is 18.7 Å². The van der Waals surface area contributed by atoms with Gasteiger partial charge in [-0.25, -0.2) is 0 Å². The number of ketones is 1. The summed E-state index contributed by atoms with van der Waals surface area (Å²) in [5.41, 5.74) is 5.73. The predicted octanol–water partition coefficient (Wildman–Crippen LogP) is 0.543. The standard InChI is InChI=1S/C10H12N2O2/c11-10(14)6-9(13)7-12-8-4-2-1-3-5-8/h1-5,12H,6-7H2,(H2,11,14). The molecule has 1 rings (SSSR count). The van der Waals surface area contributed by atoms with Crippen LogP contribution >= 0.6 is 0 Å². The number of para-hydroxylation sites is 1. The van der Waals surface area contributed by atoms with Gasteiger partial charge in [0.25, 0.3) is 0 Å². The highest BCUT2D eigenvalue weighted by atomic mass is 16.2. The fourth-order valence-electron chi connectivity index (χ4n) is 1.01. The SMILES string of the molecule is NC(=O)CC(=O)CNc1ccccc1. The zero-order chi connectivity index (χ0) is 10.4. The predicted molar refractivity (Wildman–Crippen MR) is 53.8 cm³/mol. The molecule has 14 heavy (non-hydrogen) atoms. The smallest absolute Gasteiger partial charge is 0.224 e. The van der Waals surface area contributed by atoms with Crippen molar-refractivity contribution in [1.82, 2.24) is 0 Å². The van der Waals surface area contributed by atoms with Gasteiger partial charge in [0.05, 0.1) is 13.0 Å². The molecule has 0 aliphatic carbocycles. The number of anilines is 1. The van der Waals surface area contributed by atoms with Crippen LogP contribution in [0.4, 0.5) is 5.69 Å². The van der Waals surface area contributed by atoms with E-state index < -0.39 is 5.91 Å². The molecule has 1 amide bonds. The molecule has 0 unspecified atom stereocenters. The van der Waals surface area contributed by atoms with E-state index in [0.717, 1.165) is 5.69 Å². The number of benzene rings is 1. The molecule has 0 saturated heterocycles. The van der Waals surface area contributed by atoms with Crippen LogP contribution in [0.2, 0.25) is 0 Å². The van der Waals surface area contributed by atoms with Gasteiger partial charge in [-0.15, -0.1) is 0 Å². The van der Waals surface area contributed by atoms with Gasteiger partial charge in [-0.1, -0.05) is 18.2 Å². The molecule has 4 nitrogen and oxygen atoms in total. The average Bonchev–Trinajstić information content (AvgIpc) is 2.15. The summed E-state index contributed by atoms with van der Waals surface area (Å²) in [4.78, 5) is 21.5. The Morgan fingerprint density at radius 1 is 1.21 bits per heavy atom. The van der Waals surface area contributed by atoms with Gasteiger partial charge in [0.15, 0.2) is 5.78 Å². The fraction of sp³-hybridized carbons (Fsp3) is 0.200. The summed E-state index contributed by atoms with van der Waals surface area (Å²) in [6, 6.07) is 9.30. The van der Waals surface area contributed by atoms with Crippen molar-refractivity contribution in [3.63, 3.8) is 0 Å². The molecule has 0 bridgehead atoms. The fourth-order valence-corrected chi connectivity index (χ4v) is 1.01. The summed E-state index contributed by atoms with van der Waals surface area (Å²) < 4.78 is 0. The summed E-state index contributed by atoms with van der Waals surface area (Å²) >= 11 is 0. The second-order valence-corrected chi connectivity index (χ2v) is 2.90. The lowest BCUT2D eigenvalue weighted by Crippen LogP contribution is -2.21. The van der Waals surface area contributed by atoms with Crippen LogP contribution < -0.4 is 11.1 Å². The molecule has 0 atom stereocenters. The second-order valence-electron chi connectivity index (χ2n) is 2.90. The summed E-state index contributed by atoms with van der Waals surface area (Å²) in [6.07, 6.45) is -0.208. The minimum absolute atomic E-state index is 0.132. The van der Waals surface area contributed by atoms with E-state index in [1.165, 1.54) is 0 Å². The molecule has 0 heterocycles. The largest absolute Gasteiger partial charge is 0.378 e. The molecule has 4 heteroatoms. The number of primary amides is 1. The molecule has 3 N–H and O–H groups in total. The number of rotatable bonds is 5. The number of carbonyl (C=O) groups is 2. The Morgan fingerprint density at radius 2 is 1.86 bits per heavy atom. The Kier molecular flexibility index (Phi) is 3.67. The Labute approximate surface area is 82.1 Å². The summed E-state index contributed by atoms with van der Waals surface area (Å²) in [7, 11) is 0. The first kappa shape index (κ1) is 10.2. The van der Waals surface area contributed by atoms with Crippen LogP contribution in [0.1, 0.15) is 6.42 Å². The first-order valence-electron chi connectivity index (χ1n) is 4.27. The molecule has 0 saturated carbocycles. The maximum Gasteiger partial charge on any atom is 0.224 e. The van der Waals surface area contributed by atoms with Crippen LogP contribution in [0.15, 0.2) is 30.3 Å². The highest BCUT2D eigenvalue weighted by Gasteiger charge is 2.04. The third kappa shape index (κ3) is 3.71. The van der Waals surface area contributed by atoms with Crippen LogP contribution in [0.25, 0.3) is 0 Å². The van der Waals surface area contributed by atoms with Crippen molar-refractivity contribution in [2.24, 2.45) is 5.73 Å². The lowest BCUT2D eigenvalue weighted by Gasteiger charge is -2.03. The van der Waals surface area contributed by atoms with Crippen molar-refractivity contribution in [3.05, 3.63) is 30.3 Å². The number of nitrogens with one attached hydrogen (secondary N) is 1. The lowest BCUT2D eigenvalue weighted by molar-refractivity contribution is -0.125. The van der Waals surface area contributed by atoms with Gasteiger partial charge in [-0.2, -0.15) is 0 Å². The van der Waals surface area contributed by atoms with Gasteiger partial charge >= 0.3 is 0 Å².